The van der Waals surface area contributed by atoms with E-state index in [2.05, 4.69) is 50.1 Å². The van der Waals surface area contributed by atoms with E-state index in [-0.39, 0.29) is 10.6 Å². The molecule has 0 aromatic heterocycles. The molecule has 0 N–H and O–H groups in total. The molecule has 0 radical (unpaired) electrons. The molecule has 1 unspecified atom stereocenters. The molecule has 1 atom stereocenters. The van der Waals surface area contributed by atoms with Gasteiger partial charge in [0.25, 0.3) is 0 Å². The van der Waals surface area contributed by atoms with Gasteiger partial charge in [-0.1, -0.05) is 82.1 Å². The quantitative estimate of drug-likeness (QED) is 0.254. The van der Waals surface area contributed by atoms with Crippen molar-refractivity contribution in [1.82, 2.24) is 0 Å². The highest BCUT2D eigenvalue weighted by Gasteiger charge is 2.13. The van der Waals surface area contributed by atoms with E-state index in [1.165, 1.54) is 0 Å². The number of alkyl halides is 1. The van der Waals surface area contributed by atoms with Crippen LogP contribution in [0.15, 0.2) is 53.0 Å². The van der Waals surface area contributed by atoms with E-state index in [0.717, 1.165) is 31.6 Å². The number of fused-ring (bicyclic) bond motifs is 3. The third-order valence-electron chi connectivity index (χ3n) is 3.46. The van der Waals surface area contributed by atoms with Crippen LogP contribution in [0, 0.1) is 0 Å². The molecular weight excluding hydrogens is 404 g/mol. The molecule has 3 aromatic carbocycles. The third kappa shape index (κ3) is 3.26. The summed E-state index contributed by atoms with van der Waals surface area (Å²) in [7, 11) is 0. The Hall–Kier alpha value is -1.19. The lowest BCUT2D eigenvalue weighted by atomic mass is 9.98. The van der Waals surface area contributed by atoms with Gasteiger partial charge in [0.15, 0.2) is 5.78 Å². The Labute approximate surface area is 148 Å². The molecule has 22 heavy (non-hydrogen) atoms. The highest BCUT2D eigenvalue weighted by atomic mass is 79.9. The number of hydrogen-bond acceptors (Lipinski definition) is 1. The van der Waals surface area contributed by atoms with Gasteiger partial charge in [0.05, 0.1) is 4.83 Å². The zero-order chi connectivity index (χ0) is 16.3. The van der Waals surface area contributed by atoms with Gasteiger partial charge in [-0.3, -0.25) is 4.79 Å². The Morgan fingerprint density at radius 3 is 2.23 bits per heavy atom. The van der Waals surface area contributed by atoms with Crippen molar-refractivity contribution in [2.24, 2.45) is 0 Å². The van der Waals surface area contributed by atoms with Crippen molar-refractivity contribution in [1.29, 1.82) is 0 Å². The third-order valence-corrected chi connectivity index (χ3v) is 4.53. The second kappa shape index (κ2) is 7.38. The molecule has 0 fully saturated rings. The van der Waals surface area contributed by atoms with Crippen LogP contribution < -0.4 is 0 Å². The monoisotopic (exact) mass is 420 g/mol. The first-order valence-corrected chi connectivity index (χ1v) is 9.08. The minimum Gasteiger partial charge on any atom is -0.293 e. The molecule has 0 aliphatic rings. The lowest BCUT2D eigenvalue weighted by molar-refractivity contribution is 0.0996. The Kier molecular flexibility index (Phi) is 5.76. The number of carbonyl (C=O) groups is 1. The van der Waals surface area contributed by atoms with E-state index in [1.54, 1.807) is 0 Å². The molecule has 3 aromatic rings. The maximum atomic E-state index is 12.1. The fraction of sp³-hybridized carbons (Fsp3) is 0.211. The van der Waals surface area contributed by atoms with Gasteiger partial charge in [0.1, 0.15) is 0 Å². The topological polar surface area (TPSA) is 17.1 Å². The summed E-state index contributed by atoms with van der Waals surface area (Å²) in [6.07, 6.45) is 0. The molecule has 1 nitrogen and oxygen atoms in total. The molecule has 0 aliphatic carbocycles. The highest BCUT2D eigenvalue weighted by molar-refractivity contribution is 9.10. The van der Waals surface area contributed by atoms with Crippen LogP contribution in [-0.2, 0) is 0 Å². The first-order valence-electron chi connectivity index (χ1n) is 7.37. The van der Waals surface area contributed by atoms with E-state index < -0.39 is 0 Å². The molecule has 0 spiro atoms. The first-order chi connectivity index (χ1) is 10.6. The zero-order valence-corrected chi connectivity index (χ0v) is 16.0. The summed E-state index contributed by atoms with van der Waals surface area (Å²) in [6, 6.07) is 16.2. The largest absolute Gasteiger partial charge is 0.293 e. The van der Waals surface area contributed by atoms with E-state index in [4.69, 9.17) is 0 Å². The molecule has 3 heteroatoms. The van der Waals surface area contributed by atoms with E-state index >= 15 is 0 Å². The van der Waals surface area contributed by atoms with Crippen LogP contribution in [0.5, 0.6) is 0 Å². The van der Waals surface area contributed by atoms with Crippen molar-refractivity contribution in [2.45, 2.75) is 25.6 Å². The number of hydrogen-bond donors (Lipinski definition) is 0. The second-order valence-electron chi connectivity index (χ2n) is 4.82. The summed E-state index contributed by atoms with van der Waals surface area (Å²) in [5, 5.41) is 4.57. The van der Waals surface area contributed by atoms with Crippen molar-refractivity contribution in [3.63, 3.8) is 0 Å². The summed E-state index contributed by atoms with van der Waals surface area (Å²) in [6.45, 7) is 5.85. The summed E-state index contributed by atoms with van der Waals surface area (Å²) in [5.74, 6) is 0.110. The van der Waals surface area contributed by atoms with Crippen molar-refractivity contribution < 1.29 is 4.79 Å². The van der Waals surface area contributed by atoms with Gasteiger partial charge in [-0.2, -0.15) is 0 Å². The van der Waals surface area contributed by atoms with Crippen molar-refractivity contribution in [2.75, 3.05) is 0 Å². The molecule has 0 amide bonds. The van der Waals surface area contributed by atoms with Gasteiger partial charge in [-0.15, -0.1) is 0 Å². The Morgan fingerprint density at radius 1 is 0.955 bits per heavy atom. The summed E-state index contributed by atoms with van der Waals surface area (Å²) < 4.78 is 1.08. The number of halogens is 2. The molecular formula is C19H18Br2O. The van der Waals surface area contributed by atoms with Gasteiger partial charge >= 0.3 is 0 Å². The van der Waals surface area contributed by atoms with Gasteiger partial charge < -0.3 is 0 Å². The second-order valence-corrected chi connectivity index (χ2v) is 7.05. The van der Waals surface area contributed by atoms with Crippen molar-refractivity contribution in [3.05, 3.63) is 58.6 Å². The smallest absolute Gasteiger partial charge is 0.176 e. The zero-order valence-electron chi connectivity index (χ0n) is 12.9. The molecule has 0 bridgehead atoms. The lowest BCUT2D eigenvalue weighted by Crippen LogP contribution is -2.09. The first kappa shape index (κ1) is 17.2. The number of carbonyl (C=O) groups excluding carboxylic acids is 1. The number of rotatable bonds is 2. The average Bonchev–Trinajstić information content (AvgIpc) is 2.56. The summed E-state index contributed by atoms with van der Waals surface area (Å²) in [4.78, 5) is 12.0. The predicted molar refractivity (Wildman–Crippen MR) is 103 cm³/mol. The van der Waals surface area contributed by atoms with Gasteiger partial charge in [-0.05, 0) is 40.6 Å². The predicted octanol–water partition coefficient (Wildman–Crippen LogP) is 6.75. The van der Waals surface area contributed by atoms with Crippen LogP contribution in [-0.4, -0.2) is 10.6 Å². The van der Waals surface area contributed by atoms with E-state index in [1.807, 2.05) is 51.1 Å². The fourth-order valence-corrected chi connectivity index (χ4v) is 3.30. The summed E-state index contributed by atoms with van der Waals surface area (Å²) in [5.41, 5.74) is 0.745. The van der Waals surface area contributed by atoms with E-state index in [9.17, 15) is 4.79 Å². The Balaban J connectivity index is 0.000000847. The van der Waals surface area contributed by atoms with Crippen molar-refractivity contribution >= 4 is 59.2 Å². The fourth-order valence-electron chi connectivity index (χ4n) is 2.44. The number of ketones is 1. The molecule has 0 aliphatic heterocycles. The van der Waals surface area contributed by atoms with Crippen LogP contribution in [0.25, 0.3) is 21.5 Å². The van der Waals surface area contributed by atoms with Crippen molar-refractivity contribution in [3.8, 4) is 0 Å². The van der Waals surface area contributed by atoms with Crippen LogP contribution >= 0.6 is 31.9 Å². The van der Waals surface area contributed by atoms with Gasteiger partial charge in [0, 0.05) is 10.0 Å². The average molecular weight is 422 g/mol. The molecule has 0 saturated carbocycles. The molecule has 3 rings (SSSR count). The normalized spacial score (nSPS) is 11.9. The van der Waals surface area contributed by atoms with Crippen LogP contribution in [0.2, 0.25) is 0 Å². The lowest BCUT2D eigenvalue weighted by Gasteiger charge is -2.09. The maximum Gasteiger partial charge on any atom is 0.176 e. The van der Waals surface area contributed by atoms with Crippen LogP contribution in [0.1, 0.15) is 31.1 Å². The summed E-state index contributed by atoms with van der Waals surface area (Å²) >= 11 is 6.96. The Bertz CT molecular complexity index is 822. The van der Waals surface area contributed by atoms with Crippen LogP contribution in [0.3, 0.4) is 0 Å². The minimum atomic E-state index is -0.165. The van der Waals surface area contributed by atoms with Crippen LogP contribution in [0.4, 0.5) is 0 Å². The highest BCUT2D eigenvalue weighted by Crippen LogP contribution is 2.32. The van der Waals surface area contributed by atoms with Gasteiger partial charge in [-0.25, -0.2) is 0 Å². The number of benzene rings is 3. The molecule has 0 saturated heterocycles. The SMILES string of the molecule is CC.CC(Br)C(=O)c1ccc2cc(Br)c3ccccc3c2c1. The maximum absolute atomic E-state index is 12.1. The van der Waals surface area contributed by atoms with Gasteiger partial charge in [0.2, 0.25) is 0 Å². The molecule has 0 heterocycles. The number of Topliss-reactive ketones (excluding diaryl/α,β-unsaturated/α-hetero) is 1. The molecule has 114 valence electrons. The van der Waals surface area contributed by atoms with E-state index in [0.29, 0.717) is 0 Å². The minimum absolute atomic E-state index is 0.110. The Morgan fingerprint density at radius 2 is 1.59 bits per heavy atom. The standard InChI is InChI=1S/C17H12Br2O.C2H6/c1-10(18)17(20)12-7-6-11-9-16(19)14-5-3-2-4-13(14)15(11)8-12;1-2/h2-10H,1H3;1-2H3.